The van der Waals surface area contributed by atoms with Crippen molar-refractivity contribution in [3.63, 3.8) is 0 Å². The zero-order valence-electron chi connectivity index (χ0n) is 12.3. The van der Waals surface area contributed by atoms with Crippen molar-refractivity contribution in [2.45, 2.75) is 51.5 Å². The quantitative estimate of drug-likeness (QED) is 0.797. The maximum Gasteiger partial charge on any atom is 0.179 e. The van der Waals surface area contributed by atoms with Gasteiger partial charge in [-0.1, -0.05) is 52.8 Å². The third-order valence-electron chi connectivity index (χ3n) is 3.58. The van der Waals surface area contributed by atoms with Gasteiger partial charge in [0, 0.05) is 11.3 Å². The van der Waals surface area contributed by atoms with E-state index in [1.165, 1.54) is 0 Å². The summed E-state index contributed by atoms with van der Waals surface area (Å²) in [5.41, 5.74) is 0.0997. The van der Waals surface area contributed by atoms with E-state index < -0.39 is 21.4 Å². The number of hydrogen-bond acceptors (Lipinski definition) is 3. The van der Waals surface area contributed by atoms with E-state index in [1.807, 2.05) is 26.8 Å². The van der Waals surface area contributed by atoms with Crippen molar-refractivity contribution >= 4 is 9.84 Å². The smallest absolute Gasteiger partial charge is 0.179 e. The van der Waals surface area contributed by atoms with E-state index >= 15 is 0 Å². The summed E-state index contributed by atoms with van der Waals surface area (Å²) in [5.74, 6) is -0.179. The van der Waals surface area contributed by atoms with Crippen LogP contribution in [0.25, 0.3) is 0 Å². The molecule has 0 amide bonds. The van der Waals surface area contributed by atoms with Gasteiger partial charge in [-0.25, -0.2) is 8.42 Å². The molecule has 0 bridgehead atoms. The highest BCUT2D eigenvalue weighted by Crippen LogP contribution is 2.40. The van der Waals surface area contributed by atoms with Crippen molar-refractivity contribution in [2.75, 3.05) is 5.75 Å². The molecule has 0 aromatic heterocycles. The lowest BCUT2D eigenvalue weighted by molar-refractivity contribution is 0.0465. The summed E-state index contributed by atoms with van der Waals surface area (Å²) in [7, 11) is -3.31. The van der Waals surface area contributed by atoms with E-state index in [0.717, 1.165) is 5.56 Å². The van der Waals surface area contributed by atoms with Crippen LogP contribution in [-0.2, 0) is 9.84 Å². The molecule has 0 saturated heterocycles. The fraction of sp³-hybridized carbons (Fsp3) is 0.600. The monoisotopic (exact) mass is 284 g/mol. The zero-order valence-corrected chi connectivity index (χ0v) is 13.2. The van der Waals surface area contributed by atoms with Crippen molar-refractivity contribution in [3.8, 4) is 0 Å². The molecule has 0 saturated carbocycles. The molecule has 0 unspecified atom stereocenters. The molecule has 1 aromatic rings. The van der Waals surface area contributed by atoms with Crippen molar-refractivity contribution in [2.24, 2.45) is 5.41 Å². The number of fused-ring (bicyclic) bond motifs is 1. The molecule has 2 rings (SSSR count). The first-order valence-corrected chi connectivity index (χ1v) is 8.41. The maximum absolute atomic E-state index is 12.3. The van der Waals surface area contributed by atoms with Crippen LogP contribution in [0.4, 0.5) is 0 Å². The number of sulfone groups is 1. The Labute approximate surface area is 116 Å². The average Bonchev–Trinajstić information content (AvgIpc) is 2.42. The summed E-state index contributed by atoms with van der Waals surface area (Å²) >= 11 is 0. The van der Waals surface area contributed by atoms with Gasteiger partial charge in [0.15, 0.2) is 9.84 Å². The molecule has 1 aliphatic heterocycles. The summed E-state index contributed by atoms with van der Waals surface area (Å²) in [6.45, 7) is 9.49. The Bertz CT molecular complexity index is 532. The highest BCUT2D eigenvalue weighted by molar-refractivity contribution is 7.91. The van der Waals surface area contributed by atoms with Gasteiger partial charge in [-0.2, -0.15) is 0 Å². The molecule has 1 N–H and O–H groups in total. The molecule has 108 valence electrons. The lowest BCUT2D eigenvalue weighted by Gasteiger charge is -2.31. The topological polar surface area (TPSA) is 54.4 Å². The Hall–Kier alpha value is -0.870. The number of aliphatic hydroxyl groups excluding tert-OH is 1. The molecule has 3 nitrogen and oxygen atoms in total. The summed E-state index contributed by atoms with van der Waals surface area (Å²) in [4.78, 5) is 0.372. The highest BCUT2D eigenvalue weighted by Gasteiger charge is 2.42. The van der Waals surface area contributed by atoms with E-state index in [9.17, 15) is 13.5 Å². The lowest BCUT2D eigenvalue weighted by atomic mass is 9.79. The molecule has 1 aromatic carbocycles. The van der Waals surface area contributed by atoms with Crippen LogP contribution in [0.15, 0.2) is 29.2 Å². The van der Waals surface area contributed by atoms with Gasteiger partial charge in [0.1, 0.15) is 0 Å². The van der Waals surface area contributed by atoms with E-state index in [0.29, 0.717) is 4.90 Å². The van der Waals surface area contributed by atoms with Crippen LogP contribution >= 0.6 is 0 Å². The third kappa shape index (κ3) is 3.00. The number of aliphatic hydroxyl groups is 1. The van der Waals surface area contributed by atoms with Gasteiger partial charge in [-0.05, 0) is 11.6 Å². The minimum Gasteiger partial charge on any atom is -0.392 e. The van der Waals surface area contributed by atoms with Gasteiger partial charge >= 0.3 is 0 Å². The van der Waals surface area contributed by atoms with Crippen molar-refractivity contribution in [1.29, 1.82) is 0 Å². The minimum atomic E-state index is -3.31. The molecule has 0 spiro atoms. The fourth-order valence-electron chi connectivity index (χ4n) is 2.64. The third-order valence-corrected chi connectivity index (χ3v) is 5.75. The molecule has 0 aliphatic carbocycles. The summed E-state index contributed by atoms with van der Waals surface area (Å²) in [5, 5.41) is 10.3. The molecular formula is C15H24O3S. The van der Waals surface area contributed by atoms with Gasteiger partial charge < -0.3 is 5.11 Å². The standard InChI is InChI=1S/C13H18O3S.C2H6/c1-9-10-6-4-5-7-11(10)17(15,16)8-13(2,3)12(9)14;1-2/h4-7,9,12,14H,8H2,1-3H3;1-2H3/t9-,12-;/m1./s1. The van der Waals surface area contributed by atoms with Gasteiger partial charge in [-0.3, -0.25) is 0 Å². The van der Waals surface area contributed by atoms with Crippen molar-refractivity contribution in [1.82, 2.24) is 0 Å². The van der Waals surface area contributed by atoms with Gasteiger partial charge in [0.05, 0.1) is 16.8 Å². The Balaban J connectivity index is 0.000000861. The molecule has 19 heavy (non-hydrogen) atoms. The second kappa shape index (κ2) is 5.63. The minimum absolute atomic E-state index is 0.0114. The zero-order chi connectivity index (χ0) is 14.8. The SMILES string of the molecule is CC.C[C@@H]1c2ccccc2S(=O)(=O)CC(C)(C)[C@@H]1O. The van der Waals surface area contributed by atoms with E-state index in [-0.39, 0.29) is 11.7 Å². The Morgan fingerprint density at radius 1 is 1.21 bits per heavy atom. The van der Waals surface area contributed by atoms with Gasteiger partial charge in [0.25, 0.3) is 0 Å². The number of rotatable bonds is 0. The van der Waals surface area contributed by atoms with Crippen LogP contribution in [0.3, 0.4) is 0 Å². The largest absolute Gasteiger partial charge is 0.392 e. The maximum atomic E-state index is 12.3. The first kappa shape index (κ1) is 16.2. The van der Waals surface area contributed by atoms with Gasteiger partial charge in [-0.15, -0.1) is 0 Å². The molecule has 0 fully saturated rings. The van der Waals surface area contributed by atoms with Crippen LogP contribution in [-0.4, -0.2) is 25.4 Å². The molecule has 1 heterocycles. The predicted molar refractivity (Wildman–Crippen MR) is 78.0 cm³/mol. The van der Waals surface area contributed by atoms with Crippen molar-refractivity contribution in [3.05, 3.63) is 29.8 Å². The number of hydrogen-bond donors (Lipinski definition) is 1. The van der Waals surface area contributed by atoms with Crippen LogP contribution in [0.1, 0.15) is 46.1 Å². The van der Waals surface area contributed by atoms with E-state index in [1.54, 1.807) is 32.0 Å². The van der Waals surface area contributed by atoms with Crippen LogP contribution in [0.2, 0.25) is 0 Å². The Morgan fingerprint density at radius 3 is 2.32 bits per heavy atom. The predicted octanol–water partition coefficient (Wildman–Crippen LogP) is 2.99. The number of benzene rings is 1. The average molecular weight is 284 g/mol. The van der Waals surface area contributed by atoms with Crippen LogP contribution in [0, 0.1) is 5.41 Å². The second-order valence-corrected chi connectivity index (χ2v) is 7.48. The highest BCUT2D eigenvalue weighted by atomic mass is 32.2. The second-order valence-electron chi connectivity index (χ2n) is 5.52. The van der Waals surface area contributed by atoms with Crippen LogP contribution in [0.5, 0.6) is 0 Å². The summed E-state index contributed by atoms with van der Waals surface area (Å²) < 4.78 is 24.6. The lowest BCUT2D eigenvalue weighted by Crippen LogP contribution is -2.36. The molecular weight excluding hydrogens is 260 g/mol. The molecule has 2 atom stereocenters. The first-order valence-electron chi connectivity index (χ1n) is 6.75. The molecule has 4 heteroatoms. The van der Waals surface area contributed by atoms with E-state index in [4.69, 9.17) is 0 Å². The van der Waals surface area contributed by atoms with Crippen LogP contribution < -0.4 is 0 Å². The normalized spacial score (nSPS) is 27.5. The molecule has 1 aliphatic rings. The summed E-state index contributed by atoms with van der Waals surface area (Å²) in [6, 6.07) is 6.97. The fourth-order valence-corrected chi connectivity index (χ4v) is 4.84. The van der Waals surface area contributed by atoms with E-state index in [2.05, 4.69) is 0 Å². The Kier molecular flexibility index (Phi) is 4.80. The van der Waals surface area contributed by atoms with Gasteiger partial charge in [0.2, 0.25) is 0 Å². The van der Waals surface area contributed by atoms with Crippen molar-refractivity contribution < 1.29 is 13.5 Å². The molecule has 0 radical (unpaired) electrons. The first-order chi connectivity index (χ1) is 8.76. The summed E-state index contributed by atoms with van der Waals surface area (Å²) in [6.07, 6.45) is -0.652. The Morgan fingerprint density at radius 2 is 1.74 bits per heavy atom.